The lowest BCUT2D eigenvalue weighted by molar-refractivity contribution is -0.143. The summed E-state index contributed by atoms with van der Waals surface area (Å²) >= 11 is 0. The Labute approximate surface area is 133 Å². The van der Waals surface area contributed by atoms with E-state index in [0.717, 1.165) is 0 Å². The molecule has 0 N–H and O–H groups in total. The minimum atomic E-state index is -0.335. The molecule has 0 unspecified atom stereocenters. The summed E-state index contributed by atoms with van der Waals surface area (Å²) in [5.41, 5.74) is 1.61. The summed E-state index contributed by atoms with van der Waals surface area (Å²) < 4.78 is 4.88. The number of Topliss-reactive ketones (excluding diaryl/α,β-unsaturated/α-hetero) is 2. The topological polar surface area (TPSA) is 63.7 Å². The van der Waals surface area contributed by atoms with E-state index in [2.05, 4.69) is 0 Å². The molecule has 116 valence electrons. The summed E-state index contributed by atoms with van der Waals surface area (Å²) in [6.45, 7) is 2.17. The third kappa shape index (κ3) is 2.73. The maximum Gasteiger partial charge on any atom is 0.325 e. The number of benzene rings is 1. The number of carbonyl (C=O) groups is 3. The van der Waals surface area contributed by atoms with E-state index in [9.17, 15) is 14.4 Å². The molecule has 5 heteroatoms. The predicted molar refractivity (Wildman–Crippen MR) is 83.7 cm³/mol. The first kappa shape index (κ1) is 15.0. The van der Waals surface area contributed by atoms with Crippen LogP contribution in [0.15, 0.2) is 60.0 Å². The van der Waals surface area contributed by atoms with Gasteiger partial charge in [-0.15, -0.1) is 0 Å². The first-order valence-electron chi connectivity index (χ1n) is 7.32. The van der Waals surface area contributed by atoms with Crippen LogP contribution in [-0.4, -0.2) is 35.6 Å². The molecule has 3 rings (SSSR count). The van der Waals surface area contributed by atoms with Gasteiger partial charge in [0.1, 0.15) is 6.54 Å². The minimum Gasteiger partial charge on any atom is -0.465 e. The molecule has 0 spiro atoms. The number of hydrogen-bond acceptors (Lipinski definition) is 5. The molecule has 0 saturated heterocycles. The molecule has 5 nitrogen and oxygen atoms in total. The second kappa shape index (κ2) is 6.04. The number of allylic oxidation sites excluding steroid dienone is 4. The van der Waals surface area contributed by atoms with Crippen molar-refractivity contribution in [2.45, 2.75) is 6.92 Å². The first-order valence-corrected chi connectivity index (χ1v) is 7.32. The van der Waals surface area contributed by atoms with E-state index >= 15 is 0 Å². The highest BCUT2D eigenvalue weighted by Gasteiger charge is 2.34. The van der Waals surface area contributed by atoms with E-state index in [1.54, 1.807) is 60.6 Å². The molecule has 1 aromatic carbocycles. The van der Waals surface area contributed by atoms with E-state index in [-0.39, 0.29) is 29.7 Å². The number of ether oxygens (including phenoxy) is 1. The van der Waals surface area contributed by atoms with Gasteiger partial charge in [-0.05, 0) is 24.6 Å². The van der Waals surface area contributed by atoms with Gasteiger partial charge in [0.15, 0.2) is 11.6 Å². The maximum atomic E-state index is 12.4. The smallest absolute Gasteiger partial charge is 0.325 e. The van der Waals surface area contributed by atoms with E-state index in [0.29, 0.717) is 23.3 Å². The summed E-state index contributed by atoms with van der Waals surface area (Å²) in [7, 11) is 0. The Morgan fingerprint density at radius 1 is 1.04 bits per heavy atom. The average Bonchev–Trinajstić information content (AvgIpc) is 2.81. The number of fused-ring (bicyclic) bond motifs is 1. The first-order chi connectivity index (χ1) is 11.1. The van der Waals surface area contributed by atoms with Gasteiger partial charge in [0, 0.05) is 23.5 Å². The van der Waals surface area contributed by atoms with E-state index in [1.807, 2.05) is 0 Å². The van der Waals surface area contributed by atoms with Crippen molar-refractivity contribution in [3.8, 4) is 0 Å². The molecule has 0 fully saturated rings. The number of rotatable bonds is 3. The van der Waals surface area contributed by atoms with Crippen molar-refractivity contribution in [1.29, 1.82) is 0 Å². The highest BCUT2D eigenvalue weighted by molar-refractivity contribution is 6.40. The van der Waals surface area contributed by atoms with E-state index in [4.69, 9.17) is 4.74 Å². The lowest BCUT2D eigenvalue weighted by Crippen LogP contribution is -2.23. The molecule has 0 saturated carbocycles. The van der Waals surface area contributed by atoms with Crippen LogP contribution >= 0.6 is 0 Å². The van der Waals surface area contributed by atoms with Gasteiger partial charge in [0.25, 0.3) is 0 Å². The highest BCUT2D eigenvalue weighted by Crippen LogP contribution is 2.30. The van der Waals surface area contributed by atoms with Crippen LogP contribution in [0, 0.1) is 0 Å². The van der Waals surface area contributed by atoms with Crippen LogP contribution in [0.25, 0.3) is 0 Å². The largest absolute Gasteiger partial charge is 0.465 e. The fourth-order valence-electron chi connectivity index (χ4n) is 2.60. The van der Waals surface area contributed by atoms with E-state index < -0.39 is 0 Å². The van der Waals surface area contributed by atoms with Crippen molar-refractivity contribution < 1.29 is 19.1 Å². The molecule has 0 atom stereocenters. The normalized spacial score (nSPS) is 16.1. The van der Waals surface area contributed by atoms with Crippen molar-refractivity contribution in [3.05, 3.63) is 71.1 Å². The monoisotopic (exact) mass is 309 g/mol. The van der Waals surface area contributed by atoms with Crippen LogP contribution in [0.2, 0.25) is 0 Å². The van der Waals surface area contributed by atoms with Gasteiger partial charge < -0.3 is 9.64 Å². The van der Waals surface area contributed by atoms with Gasteiger partial charge >= 0.3 is 5.97 Å². The molecule has 1 aliphatic heterocycles. The van der Waals surface area contributed by atoms with Crippen molar-refractivity contribution in [3.63, 3.8) is 0 Å². The van der Waals surface area contributed by atoms with E-state index in [1.165, 1.54) is 0 Å². The number of esters is 1. The molecule has 23 heavy (non-hydrogen) atoms. The molecule has 1 heterocycles. The molecule has 2 aliphatic rings. The molecule has 1 aromatic rings. The van der Waals surface area contributed by atoms with Gasteiger partial charge in [-0.3, -0.25) is 14.4 Å². The third-order valence-electron chi connectivity index (χ3n) is 3.67. The highest BCUT2D eigenvalue weighted by atomic mass is 16.5. The lowest BCUT2D eigenvalue weighted by atomic mass is 10.0. The third-order valence-corrected chi connectivity index (χ3v) is 3.67. The summed E-state index contributed by atoms with van der Waals surface area (Å²) in [5, 5.41) is 0. The number of ketones is 2. The molecule has 0 radical (unpaired) electrons. The Morgan fingerprint density at radius 3 is 2.13 bits per heavy atom. The van der Waals surface area contributed by atoms with Crippen molar-refractivity contribution in [1.82, 2.24) is 4.90 Å². The molecule has 0 amide bonds. The molecule has 1 aliphatic carbocycles. The van der Waals surface area contributed by atoms with Crippen molar-refractivity contribution in [2.75, 3.05) is 13.2 Å². The van der Waals surface area contributed by atoms with Gasteiger partial charge in [-0.25, -0.2) is 0 Å². The number of nitrogens with zero attached hydrogens (tertiary/aromatic N) is 1. The molecule has 0 bridgehead atoms. The van der Waals surface area contributed by atoms with Gasteiger partial charge in [-0.2, -0.15) is 0 Å². The number of hydrogen-bond donors (Lipinski definition) is 0. The maximum absolute atomic E-state index is 12.4. The van der Waals surface area contributed by atoms with Gasteiger partial charge in [0.2, 0.25) is 0 Å². The quantitative estimate of drug-likeness (QED) is 0.487. The van der Waals surface area contributed by atoms with Gasteiger partial charge in [0.05, 0.1) is 12.2 Å². The Kier molecular flexibility index (Phi) is 3.93. The zero-order valence-corrected chi connectivity index (χ0v) is 12.6. The summed E-state index contributed by atoms with van der Waals surface area (Å²) in [6.07, 6.45) is 6.64. The fraction of sp³-hybridized carbons (Fsp3) is 0.167. The van der Waals surface area contributed by atoms with Crippen LogP contribution in [0.3, 0.4) is 0 Å². The molecule has 0 aromatic heterocycles. The van der Waals surface area contributed by atoms with Gasteiger partial charge in [-0.1, -0.05) is 24.3 Å². The zero-order valence-electron chi connectivity index (χ0n) is 12.6. The van der Waals surface area contributed by atoms with Crippen LogP contribution in [0.4, 0.5) is 0 Å². The molecular weight excluding hydrogens is 294 g/mol. The van der Waals surface area contributed by atoms with Crippen molar-refractivity contribution in [2.24, 2.45) is 0 Å². The van der Waals surface area contributed by atoms with Crippen LogP contribution in [-0.2, 0) is 9.53 Å². The summed E-state index contributed by atoms with van der Waals surface area (Å²) in [5.74, 6) is -0.846. The van der Waals surface area contributed by atoms with Crippen LogP contribution in [0.1, 0.15) is 27.6 Å². The minimum absolute atomic E-state index is 0.0889. The lowest BCUT2D eigenvalue weighted by Gasteiger charge is -2.18. The molecular formula is C18H15NO4. The standard InChI is InChI=1S/C18H15NO4/c1-2-23-15(20)11-19-9-7-12(8-10-19)16-17(21)13-5-3-4-6-14(13)18(16)22/h3-10H,2,11H2,1H3. The second-order valence-electron chi connectivity index (χ2n) is 5.14. The van der Waals surface area contributed by atoms with Crippen molar-refractivity contribution >= 4 is 17.5 Å². The SMILES string of the molecule is CCOC(=O)CN1C=CC(=C2C(=O)c3ccccc3C2=O)C=C1. The Morgan fingerprint density at radius 2 is 1.61 bits per heavy atom. The Balaban J connectivity index is 1.83. The number of carbonyl (C=O) groups excluding carboxylic acids is 3. The predicted octanol–water partition coefficient (Wildman–Crippen LogP) is 2.27. The zero-order chi connectivity index (χ0) is 16.4. The summed E-state index contributed by atoms with van der Waals surface area (Å²) in [4.78, 5) is 37.9. The van der Waals surface area contributed by atoms with Crippen LogP contribution in [0.5, 0.6) is 0 Å². The second-order valence-corrected chi connectivity index (χ2v) is 5.14. The summed E-state index contributed by atoms with van der Waals surface area (Å²) in [6, 6.07) is 6.80. The fourth-order valence-corrected chi connectivity index (χ4v) is 2.60. The Hall–Kier alpha value is -2.95. The van der Waals surface area contributed by atoms with Crippen LogP contribution < -0.4 is 0 Å². The average molecular weight is 309 g/mol. The Bertz CT molecular complexity index is 733.